The van der Waals surface area contributed by atoms with Gasteiger partial charge >= 0.3 is 0 Å². The normalized spacial score (nSPS) is 24.3. The molecule has 0 N–H and O–H groups in total. The number of rotatable bonds is 2. The fourth-order valence-electron chi connectivity index (χ4n) is 4.07. The van der Waals surface area contributed by atoms with Crippen molar-refractivity contribution < 1.29 is 9.59 Å². The molecule has 4 heterocycles. The largest absolute Gasteiger partial charge is 0.341 e. The smallest absolute Gasteiger partial charge is 0.259 e. The van der Waals surface area contributed by atoms with Gasteiger partial charge in [-0.3, -0.25) is 9.59 Å². The molecule has 0 bridgehead atoms. The molecule has 2 aromatic rings. The molecule has 7 heteroatoms. The zero-order chi connectivity index (χ0) is 16.7. The second-order valence-electron chi connectivity index (χ2n) is 6.67. The van der Waals surface area contributed by atoms with Gasteiger partial charge in [-0.05, 0) is 32.3 Å². The van der Waals surface area contributed by atoms with Crippen LogP contribution in [0.3, 0.4) is 0 Å². The first-order chi connectivity index (χ1) is 11.6. The van der Waals surface area contributed by atoms with Gasteiger partial charge in [0.1, 0.15) is 5.56 Å². The van der Waals surface area contributed by atoms with E-state index in [1.807, 2.05) is 16.7 Å². The lowest BCUT2D eigenvalue weighted by Gasteiger charge is -2.44. The van der Waals surface area contributed by atoms with E-state index in [1.165, 1.54) is 0 Å². The van der Waals surface area contributed by atoms with Gasteiger partial charge < -0.3 is 9.80 Å². The van der Waals surface area contributed by atoms with Crippen molar-refractivity contribution in [3.63, 3.8) is 0 Å². The summed E-state index contributed by atoms with van der Waals surface area (Å²) < 4.78 is 1.61. The number of nitrogens with zero attached hydrogens (tertiary/aromatic N) is 5. The Morgan fingerprint density at radius 1 is 1.38 bits per heavy atom. The number of piperidine rings is 1. The van der Waals surface area contributed by atoms with Crippen LogP contribution in [-0.2, 0) is 4.79 Å². The fourth-order valence-corrected chi connectivity index (χ4v) is 4.07. The Labute approximate surface area is 140 Å². The van der Waals surface area contributed by atoms with Gasteiger partial charge in [0.25, 0.3) is 5.91 Å². The summed E-state index contributed by atoms with van der Waals surface area (Å²) in [6.07, 6.45) is 8.37. The van der Waals surface area contributed by atoms with Crippen molar-refractivity contribution in [1.29, 1.82) is 0 Å². The molecule has 1 spiro atoms. The number of aromatic nitrogens is 3. The van der Waals surface area contributed by atoms with Crippen molar-refractivity contribution >= 4 is 17.5 Å². The van der Waals surface area contributed by atoms with Crippen molar-refractivity contribution in [2.24, 2.45) is 0 Å². The van der Waals surface area contributed by atoms with E-state index in [0.717, 1.165) is 19.3 Å². The van der Waals surface area contributed by atoms with E-state index in [4.69, 9.17) is 0 Å². The monoisotopic (exact) mass is 327 g/mol. The van der Waals surface area contributed by atoms with Crippen LogP contribution in [0.15, 0.2) is 24.7 Å². The van der Waals surface area contributed by atoms with Crippen molar-refractivity contribution in [2.75, 3.05) is 19.6 Å². The number of amides is 2. The zero-order valence-electron chi connectivity index (χ0n) is 13.8. The fraction of sp³-hybridized carbons (Fsp3) is 0.529. The topological polar surface area (TPSA) is 70.8 Å². The predicted molar refractivity (Wildman–Crippen MR) is 87.5 cm³/mol. The number of carbonyl (C=O) groups is 2. The molecule has 0 radical (unpaired) electrons. The standard InChI is InChI=1S/C17H21N5O2/c1-2-20-12-17(10-14(20)23)6-3-4-8-21(17)16(24)13-11-19-22-9-5-7-18-15(13)22/h5,7,9,11H,2-4,6,8,10,12H2,1H3/t17-/m0/s1. The van der Waals surface area contributed by atoms with Crippen molar-refractivity contribution in [2.45, 2.75) is 38.1 Å². The lowest BCUT2D eigenvalue weighted by molar-refractivity contribution is -0.127. The van der Waals surface area contributed by atoms with Crippen molar-refractivity contribution in [3.05, 3.63) is 30.2 Å². The Kier molecular flexibility index (Phi) is 3.51. The van der Waals surface area contributed by atoms with Crippen molar-refractivity contribution in [3.8, 4) is 0 Å². The Morgan fingerprint density at radius 2 is 2.25 bits per heavy atom. The third-order valence-electron chi connectivity index (χ3n) is 5.30. The predicted octanol–water partition coefficient (Wildman–Crippen LogP) is 1.35. The average molecular weight is 327 g/mol. The minimum atomic E-state index is -0.370. The van der Waals surface area contributed by atoms with Gasteiger partial charge in [0.2, 0.25) is 5.91 Å². The summed E-state index contributed by atoms with van der Waals surface area (Å²) in [6.45, 7) is 4.01. The van der Waals surface area contributed by atoms with Gasteiger partial charge in [0.05, 0.1) is 18.2 Å². The van der Waals surface area contributed by atoms with Crippen LogP contribution in [0.4, 0.5) is 0 Å². The maximum absolute atomic E-state index is 13.2. The van der Waals surface area contributed by atoms with Gasteiger partial charge in [0, 0.05) is 32.0 Å². The molecule has 0 aliphatic carbocycles. The van der Waals surface area contributed by atoms with Gasteiger partial charge in [-0.1, -0.05) is 0 Å². The molecule has 7 nitrogen and oxygen atoms in total. The highest BCUT2D eigenvalue weighted by Gasteiger charge is 2.50. The lowest BCUT2D eigenvalue weighted by atomic mass is 9.85. The van der Waals surface area contributed by atoms with Crippen LogP contribution in [0.25, 0.3) is 5.65 Å². The van der Waals surface area contributed by atoms with Crippen LogP contribution in [0.2, 0.25) is 0 Å². The molecule has 4 rings (SSSR count). The maximum Gasteiger partial charge on any atom is 0.259 e. The summed E-state index contributed by atoms with van der Waals surface area (Å²) in [5.41, 5.74) is 0.713. The van der Waals surface area contributed by atoms with Gasteiger partial charge in [-0.15, -0.1) is 0 Å². The van der Waals surface area contributed by atoms with E-state index in [0.29, 0.717) is 37.3 Å². The van der Waals surface area contributed by atoms with Crippen LogP contribution in [0, 0.1) is 0 Å². The second kappa shape index (κ2) is 5.58. The Balaban J connectivity index is 1.71. The summed E-state index contributed by atoms with van der Waals surface area (Å²) in [5, 5.41) is 4.22. The quantitative estimate of drug-likeness (QED) is 0.835. The van der Waals surface area contributed by atoms with E-state index in [1.54, 1.807) is 29.2 Å². The minimum Gasteiger partial charge on any atom is -0.341 e. The van der Waals surface area contributed by atoms with E-state index in [-0.39, 0.29) is 17.4 Å². The van der Waals surface area contributed by atoms with Gasteiger partial charge in [-0.2, -0.15) is 5.10 Å². The minimum absolute atomic E-state index is 0.0610. The molecule has 0 unspecified atom stereocenters. The molecular formula is C17H21N5O2. The number of hydrogen-bond acceptors (Lipinski definition) is 4. The van der Waals surface area contributed by atoms with Crippen LogP contribution < -0.4 is 0 Å². The van der Waals surface area contributed by atoms with E-state index in [2.05, 4.69) is 10.1 Å². The third-order valence-corrected chi connectivity index (χ3v) is 5.30. The first-order valence-corrected chi connectivity index (χ1v) is 8.53. The van der Waals surface area contributed by atoms with Crippen LogP contribution >= 0.6 is 0 Å². The molecule has 2 amide bonds. The molecular weight excluding hydrogens is 306 g/mol. The van der Waals surface area contributed by atoms with Gasteiger partial charge in [-0.25, -0.2) is 9.50 Å². The van der Waals surface area contributed by atoms with Crippen LogP contribution in [0.1, 0.15) is 43.0 Å². The summed E-state index contributed by atoms with van der Waals surface area (Å²) in [4.78, 5) is 33.6. The van der Waals surface area contributed by atoms with E-state index < -0.39 is 0 Å². The maximum atomic E-state index is 13.2. The molecule has 126 valence electrons. The highest BCUT2D eigenvalue weighted by atomic mass is 16.2. The van der Waals surface area contributed by atoms with Crippen molar-refractivity contribution in [1.82, 2.24) is 24.4 Å². The molecule has 0 aromatic carbocycles. The molecule has 2 aliphatic rings. The lowest BCUT2D eigenvalue weighted by Crippen LogP contribution is -2.56. The first-order valence-electron chi connectivity index (χ1n) is 8.53. The number of likely N-dealkylation sites (tertiary alicyclic amines) is 2. The SMILES string of the molecule is CCN1C[C@]2(CCCCN2C(=O)c2cnn3cccnc23)CC1=O. The molecule has 24 heavy (non-hydrogen) atoms. The van der Waals surface area contributed by atoms with Crippen LogP contribution in [-0.4, -0.2) is 61.4 Å². The average Bonchev–Trinajstić information content (AvgIpc) is 3.16. The summed E-state index contributed by atoms with van der Waals surface area (Å²) >= 11 is 0. The molecule has 0 saturated carbocycles. The third kappa shape index (κ3) is 2.18. The Hall–Kier alpha value is -2.44. The van der Waals surface area contributed by atoms with Crippen LogP contribution in [0.5, 0.6) is 0 Å². The number of hydrogen-bond donors (Lipinski definition) is 0. The molecule has 2 aliphatic heterocycles. The summed E-state index contributed by atoms with van der Waals surface area (Å²) in [6, 6.07) is 1.78. The zero-order valence-corrected chi connectivity index (χ0v) is 13.8. The second-order valence-corrected chi connectivity index (χ2v) is 6.67. The highest BCUT2D eigenvalue weighted by molar-refractivity contribution is 6.00. The number of fused-ring (bicyclic) bond motifs is 1. The Morgan fingerprint density at radius 3 is 3.04 bits per heavy atom. The van der Waals surface area contributed by atoms with Gasteiger partial charge in [0.15, 0.2) is 5.65 Å². The summed E-state index contributed by atoms with van der Waals surface area (Å²) in [7, 11) is 0. The molecule has 2 saturated heterocycles. The number of likely N-dealkylation sites (N-methyl/N-ethyl adjacent to an activating group) is 1. The highest BCUT2D eigenvalue weighted by Crippen LogP contribution is 2.38. The molecule has 2 aromatic heterocycles. The molecule has 2 fully saturated rings. The first kappa shape index (κ1) is 15.1. The molecule has 1 atom stereocenters. The van der Waals surface area contributed by atoms with E-state index in [9.17, 15) is 9.59 Å². The summed E-state index contributed by atoms with van der Waals surface area (Å²) in [5.74, 6) is 0.0874. The van der Waals surface area contributed by atoms with E-state index >= 15 is 0 Å². The number of carbonyl (C=O) groups excluding carboxylic acids is 2. The Bertz CT molecular complexity index is 801.